The van der Waals surface area contributed by atoms with Gasteiger partial charge in [-0.25, -0.2) is 22.3 Å². The van der Waals surface area contributed by atoms with Gasteiger partial charge in [-0.3, -0.25) is 14.9 Å². The van der Waals surface area contributed by atoms with Gasteiger partial charge in [-0.05, 0) is 69.0 Å². The highest BCUT2D eigenvalue weighted by molar-refractivity contribution is 7.88. The number of benzene rings is 3. The van der Waals surface area contributed by atoms with E-state index in [1.54, 1.807) is 80.3 Å². The number of nitrogens with zero attached hydrogens (tertiary/aromatic N) is 3. The Kier molecular flexibility index (Phi) is 11.7. The van der Waals surface area contributed by atoms with E-state index in [-0.39, 0.29) is 40.3 Å². The number of amides is 1. The number of nitro benzene ring substituents is 1. The number of piperidine rings is 1. The zero-order valence-electron chi connectivity index (χ0n) is 28.5. The Morgan fingerprint density at radius 1 is 1.02 bits per heavy atom. The maximum absolute atomic E-state index is 14.2. The Hall–Kier alpha value is -4.83. The van der Waals surface area contributed by atoms with E-state index >= 15 is 0 Å². The highest BCUT2D eigenvalue weighted by Crippen LogP contribution is 2.47. The lowest BCUT2D eigenvalue weighted by molar-refractivity contribution is -0.384. The summed E-state index contributed by atoms with van der Waals surface area (Å²) < 4.78 is 39.1. The molecule has 0 atom stereocenters. The molecule has 16 heteroatoms. The maximum Gasteiger partial charge on any atom is 0.352 e. The third kappa shape index (κ3) is 9.14. The molecule has 3 aromatic carbocycles. The molecule has 0 radical (unpaired) electrons. The van der Waals surface area contributed by atoms with Gasteiger partial charge < -0.3 is 19.5 Å². The second kappa shape index (κ2) is 15.8. The first kappa shape index (κ1) is 38.4. The highest BCUT2D eigenvalue weighted by atomic mass is 35.5. The van der Waals surface area contributed by atoms with Crippen LogP contribution in [-0.2, 0) is 25.3 Å². The lowest BCUT2D eigenvalue weighted by Gasteiger charge is -2.38. The van der Waals surface area contributed by atoms with Crippen molar-refractivity contribution >= 4 is 62.2 Å². The largest absolute Gasteiger partial charge is 0.479 e. The monoisotopic (exact) mass is 769 g/mol. The van der Waals surface area contributed by atoms with Crippen molar-refractivity contribution < 1.29 is 42.3 Å². The summed E-state index contributed by atoms with van der Waals surface area (Å²) in [4.78, 5) is 51.3. The second-order valence-corrected chi connectivity index (χ2v) is 16.4. The molecule has 0 aliphatic carbocycles. The van der Waals surface area contributed by atoms with Crippen LogP contribution in [0.3, 0.4) is 0 Å². The van der Waals surface area contributed by atoms with Crippen molar-refractivity contribution in [2.75, 3.05) is 24.6 Å². The predicted octanol–water partition coefficient (Wildman–Crippen LogP) is 7.04. The van der Waals surface area contributed by atoms with Crippen molar-refractivity contribution in [3.05, 3.63) is 110 Å². The van der Waals surface area contributed by atoms with E-state index in [9.17, 15) is 38.0 Å². The van der Waals surface area contributed by atoms with Crippen LogP contribution in [0.2, 0.25) is 5.02 Å². The number of aliphatic carboxylic acids is 1. The molecule has 1 fully saturated rings. The third-order valence-electron chi connectivity index (χ3n) is 8.01. The summed E-state index contributed by atoms with van der Waals surface area (Å²) in [5, 5.41) is 20.5. The molecule has 0 spiro atoms. The minimum Gasteiger partial charge on any atom is -0.479 e. The topological polar surface area (TPSA) is 174 Å². The summed E-state index contributed by atoms with van der Waals surface area (Å²) in [5.74, 6) is -2.85. The van der Waals surface area contributed by atoms with E-state index < -0.39 is 50.9 Å². The van der Waals surface area contributed by atoms with Gasteiger partial charge >= 0.3 is 11.9 Å². The fourth-order valence-corrected chi connectivity index (χ4v) is 8.74. The number of nitro groups is 1. The maximum atomic E-state index is 14.2. The molecule has 52 heavy (non-hydrogen) atoms. The summed E-state index contributed by atoms with van der Waals surface area (Å²) in [7, 11) is -3.84. The molecule has 1 amide bonds. The fourth-order valence-electron chi connectivity index (χ4n) is 5.75. The van der Waals surface area contributed by atoms with Crippen LogP contribution in [0.15, 0.2) is 78.9 Å². The molecule has 5 rings (SSSR count). The summed E-state index contributed by atoms with van der Waals surface area (Å²) in [6.45, 7) is 4.55. The van der Waals surface area contributed by atoms with Gasteiger partial charge in [0.05, 0.1) is 15.6 Å². The molecule has 1 aromatic heterocycles. The normalized spacial score (nSPS) is 14.1. The molecule has 2 heterocycles. The van der Waals surface area contributed by atoms with Gasteiger partial charge in [0.1, 0.15) is 10.6 Å². The van der Waals surface area contributed by atoms with Crippen LogP contribution >= 0.6 is 22.9 Å². The molecule has 1 N–H and O–H groups in total. The molecule has 274 valence electrons. The lowest BCUT2D eigenvalue weighted by atomic mass is 10.0. The van der Waals surface area contributed by atoms with Crippen LogP contribution < -0.4 is 9.64 Å². The molecule has 1 aliphatic rings. The summed E-state index contributed by atoms with van der Waals surface area (Å²) >= 11 is 7.72. The first-order chi connectivity index (χ1) is 24.5. The van der Waals surface area contributed by atoms with Crippen LogP contribution in [0.1, 0.15) is 59.2 Å². The minimum absolute atomic E-state index is 0.00691. The van der Waals surface area contributed by atoms with Crippen molar-refractivity contribution in [3.8, 4) is 16.2 Å². The number of ether oxygens (including phenoxy) is 2. The van der Waals surface area contributed by atoms with Gasteiger partial charge in [-0.1, -0.05) is 54.1 Å². The molecule has 1 saturated heterocycles. The number of sulfonamides is 1. The van der Waals surface area contributed by atoms with Crippen molar-refractivity contribution in [3.63, 3.8) is 0 Å². The van der Waals surface area contributed by atoms with Crippen molar-refractivity contribution in [2.24, 2.45) is 0 Å². The first-order valence-electron chi connectivity index (χ1n) is 16.1. The van der Waals surface area contributed by atoms with Gasteiger partial charge in [0.25, 0.3) is 11.6 Å². The predicted molar refractivity (Wildman–Crippen MR) is 197 cm³/mol. The van der Waals surface area contributed by atoms with Crippen molar-refractivity contribution in [2.45, 2.75) is 51.0 Å². The summed E-state index contributed by atoms with van der Waals surface area (Å²) in [6, 6.07) is 20.7. The number of carboxylic acid groups (broad SMARTS) is 1. The van der Waals surface area contributed by atoms with E-state index in [1.807, 2.05) is 0 Å². The molecule has 4 aromatic rings. The number of anilines is 1. The van der Waals surface area contributed by atoms with E-state index in [0.717, 1.165) is 11.3 Å². The highest BCUT2D eigenvalue weighted by Gasteiger charge is 2.35. The average Bonchev–Trinajstić information content (AvgIpc) is 3.43. The first-order valence-corrected chi connectivity index (χ1v) is 18.9. The van der Waals surface area contributed by atoms with E-state index in [1.165, 1.54) is 28.6 Å². The van der Waals surface area contributed by atoms with Crippen LogP contribution in [0, 0.1) is 10.1 Å². The van der Waals surface area contributed by atoms with Gasteiger partial charge in [-0.2, -0.15) is 0 Å². The number of carboxylic acids is 1. The van der Waals surface area contributed by atoms with Gasteiger partial charge in [0.2, 0.25) is 10.0 Å². The molecule has 1 aliphatic heterocycles. The third-order valence-corrected chi connectivity index (χ3v) is 11.5. The number of carbonyl (C=O) groups is 3. The van der Waals surface area contributed by atoms with Gasteiger partial charge in [-0.15, -0.1) is 11.3 Å². The Balaban J connectivity index is 1.46. The van der Waals surface area contributed by atoms with Gasteiger partial charge in [0.15, 0.2) is 17.2 Å². The van der Waals surface area contributed by atoms with Crippen LogP contribution in [0.25, 0.3) is 10.4 Å². The average molecular weight is 770 g/mol. The Morgan fingerprint density at radius 3 is 2.33 bits per heavy atom. The molecule has 0 unspecified atom stereocenters. The van der Waals surface area contributed by atoms with Crippen molar-refractivity contribution in [1.82, 2.24) is 4.31 Å². The molecular weight excluding hydrogens is 734 g/mol. The smallest absolute Gasteiger partial charge is 0.352 e. The zero-order valence-corrected chi connectivity index (χ0v) is 30.9. The number of halogens is 1. The quantitative estimate of drug-likeness (QED) is 0.0895. The van der Waals surface area contributed by atoms with Crippen molar-refractivity contribution in [1.29, 1.82) is 0 Å². The zero-order chi connectivity index (χ0) is 37.8. The summed E-state index contributed by atoms with van der Waals surface area (Å²) in [6.07, 6.45) is 0.597. The molecule has 0 bridgehead atoms. The number of non-ortho nitro benzene ring substituents is 1. The van der Waals surface area contributed by atoms with E-state index in [4.69, 9.17) is 21.1 Å². The Bertz CT molecular complexity index is 2090. The molecular formula is C36H36ClN3O10S2. The number of hydrogen-bond donors (Lipinski definition) is 1. The Morgan fingerprint density at radius 2 is 1.69 bits per heavy atom. The van der Waals surface area contributed by atoms with Gasteiger partial charge in [0, 0.05) is 42.5 Å². The lowest BCUT2D eigenvalue weighted by Crippen LogP contribution is -2.49. The number of esters is 1. The number of carbonyl (C=O) groups excluding carboxylic acids is 2. The Labute approximate surface area is 309 Å². The van der Waals surface area contributed by atoms with Crippen LogP contribution in [0.4, 0.5) is 11.4 Å². The number of thiophene rings is 1. The standard InChI is InChI=1S/C36H36ClN3O10S2/c1-36(2,3)50-35(44)33-31(49-21-29(41)42)30(37)32(51-33)25-12-8-13-27(20-25)39(34(43)24-10-5-4-6-11-24)26-15-17-38(18-16-26)52(47,48)22-23-9-7-14-28(19-23)40(45)46/h4-14,19-20,26H,15-18,21-22H2,1-3H3,(H,41,42). The summed E-state index contributed by atoms with van der Waals surface area (Å²) in [5.41, 5.74) is 0.670. The van der Waals surface area contributed by atoms with E-state index in [0.29, 0.717) is 40.1 Å². The number of hydrogen-bond acceptors (Lipinski definition) is 10. The fraction of sp³-hybridized carbons (Fsp3) is 0.306. The molecule has 13 nitrogen and oxygen atoms in total. The second-order valence-electron chi connectivity index (χ2n) is 13.0. The van der Waals surface area contributed by atoms with Crippen LogP contribution in [-0.4, -0.2) is 71.9 Å². The number of rotatable bonds is 12. The minimum atomic E-state index is -3.84. The van der Waals surface area contributed by atoms with Crippen LogP contribution in [0.5, 0.6) is 5.75 Å². The molecule has 0 saturated carbocycles. The van der Waals surface area contributed by atoms with E-state index in [2.05, 4.69) is 0 Å². The SMILES string of the molecule is CC(C)(C)OC(=O)c1sc(-c2cccc(N(C(=O)c3ccccc3)C3CCN(S(=O)(=O)Cc4cccc([N+](=O)[O-])c4)CC3)c2)c(Cl)c1OCC(=O)O.